The fraction of sp³-hybridized carbons (Fsp3) is 1.00. The molecule has 2 rings (SSSR count). The van der Waals surface area contributed by atoms with Gasteiger partial charge in [-0.1, -0.05) is 6.92 Å². The summed E-state index contributed by atoms with van der Waals surface area (Å²) in [5.41, 5.74) is -0.0803. The van der Waals surface area contributed by atoms with Crippen molar-refractivity contribution < 1.29 is 13.2 Å². The molecule has 2 aliphatic rings. The fourth-order valence-corrected chi connectivity index (χ4v) is 5.36. The smallest absolute Gasteiger partial charge is 0.150 e. The van der Waals surface area contributed by atoms with Gasteiger partial charge in [0, 0.05) is 18.6 Å². The third-order valence-corrected chi connectivity index (χ3v) is 5.96. The average Bonchev–Trinajstić information content (AvgIpc) is 2.88. The van der Waals surface area contributed by atoms with Gasteiger partial charge in [-0.3, -0.25) is 0 Å². The van der Waals surface area contributed by atoms with E-state index in [4.69, 9.17) is 4.74 Å². The zero-order valence-electron chi connectivity index (χ0n) is 11.3. The standard InChI is InChI=1S/C13H25NO3S/c1-2-6-14-10-13(5-8-18(15,16)11-13)9-12-4-3-7-17-12/h12,14H,2-11H2,1H3. The second-order valence-electron chi connectivity index (χ2n) is 5.86. The molecule has 0 aromatic heterocycles. The van der Waals surface area contributed by atoms with Crippen LogP contribution in [0.25, 0.3) is 0 Å². The van der Waals surface area contributed by atoms with Crippen LogP contribution in [-0.2, 0) is 14.6 Å². The number of ether oxygens (including phenoxy) is 1. The van der Waals surface area contributed by atoms with E-state index in [2.05, 4.69) is 12.2 Å². The van der Waals surface area contributed by atoms with E-state index in [1.54, 1.807) is 0 Å². The maximum Gasteiger partial charge on any atom is 0.150 e. The van der Waals surface area contributed by atoms with Crippen LogP contribution >= 0.6 is 0 Å². The zero-order chi connectivity index (χ0) is 13.1. The lowest BCUT2D eigenvalue weighted by molar-refractivity contribution is 0.0679. The van der Waals surface area contributed by atoms with Crippen molar-refractivity contribution in [2.24, 2.45) is 5.41 Å². The summed E-state index contributed by atoms with van der Waals surface area (Å²) < 4.78 is 29.3. The quantitative estimate of drug-likeness (QED) is 0.744. The third kappa shape index (κ3) is 3.68. The summed E-state index contributed by atoms with van der Waals surface area (Å²) in [6.07, 6.45) is 5.28. The van der Waals surface area contributed by atoms with Crippen molar-refractivity contribution in [3.05, 3.63) is 0 Å². The summed E-state index contributed by atoms with van der Waals surface area (Å²) in [7, 11) is -2.83. The number of hydrogen-bond donors (Lipinski definition) is 1. The molecule has 0 bridgehead atoms. The van der Waals surface area contributed by atoms with Gasteiger partial charge in [0.15, 0.2) is 9.84 Å². The largest absolute Gasteiger partial charge is 0.378 e. The summed E-state index contributed by atoms with van der Waals surface area (Å²) in [5, 5.41) is 3.41. The molecule has 2 atom stereocenters. The Hall–Kier alpha value is -0.130. The first kappa shape index (κ1) is 14.3. The van der Waals surface area contributed by atoms with Crippen molar-refractivity contribution in [1.82, 2.24) is 5.32 Å². The number of hydrogen-bond acceptors (Lipinski definition) is 4. The molecule has 0 spiro atoms. The van der Waals surface area contributed by atoms with Crippen LogP contribution in [-0.4, -0.2) is 45.7 Å². The molecule has 0 radical (unpaired) electrons. The van der Waals surface area contributed by atoms with E-state index in [0.717, 1.165) is 51.8 Å². The Morgan fingerprint density at radius 2 is 2.28 bits per heavy atom. The van der Waals surface area contributed by atoms with Gasteiger partial charge in [-0.15, -0.1) is 0 Å². The van der Waals surface area contributed by atoms with E-state index in [-0.39, 0.29) is 11.5 Å². The second kappa shape index (κ2) is 5.88. The highest BCUT2D eigenvalue weighted by molar-refractivity contribution is 7.91. The van der Waals surface area contributed by atoms with Crippen LogP contribution in [0, 0.1) is 5.41 Å². The van der Waals surface area contributed by atoms with Crippen molar-refractivity contribution in [3.63, 3.8) is 0 Å². The molecular formula is C13H25NO3S. The van der Waals surface area contributed by atoms with E-state index in [0.29, 0.717) is 11.5 Å². The first-order valence-electron chi connectivity index (χ1n) is 7.08. The van der Waals surface area contributed by atoms with Gasteiger partial charge < -0.3 is 10.1 Å². The van der Waals surface area contributed by atoms with Crippen LogP contribution < -0.4 is 5.32 Å². The summed E-state index contributed by atoms with van der Waals surface area (Å²) in [6.45, 7) is 4.76. The van der Waals surface area contributed by atoms with E-state index in [1.165, 1.54) is 0 Å². The first-order valence-corrected chi connectivity index (χ1v) is 8.90. The molecule has 0 aromatic carbocycles. The predicted octanol–water partition coefficient (Wildman–Crippen LogP) is 1.36. The van der Waals surface area contributed by atoms with Crippen LogP contribution in [0.15, 0.2) is 0 Å². The molecule has 106 valence electrons. The summed E-state index contributed by atoms with van der Waals surface area (Å²) in [4.78, 5) is 0. The van der Waals surface area contributed by atoms with Crippen LogP contribution in [0.3, 0.4) is 0 Å². The highest BCUT2D eigenvalue weighted by Gasteiger charge is 2.43. The van der Waals surface area contributed by atoms with Gasteiger partial charge in [-0.25, -0.2) is 8.42 Å². The maximum atomic E-state index is 11.8. The highest BCUT2D eigenvalue weighted by atomic mass is 32.2. The normalized spacial score (nSPS) is 35.1. The lowest BCUT2D eigenvalue weighted by Crippen LogP contribution is -2.38. The Kier molecular flexibility index (Phi) is 4.67. The molecule has 4 nitrogen and oxygen atoms in total. The number of rotatable bonds is 6. The van der Waals surface area contributed by atoms with Gasteiger partial charge in [0.2, 0.25) is 0 Å². The predicted molar refractivity (Wildman–Crippen MR) is 72.5 cm³/mol. The van der Waals surface area contributed by atoms with Crippen LogP contribution in [0.4, 0.5) is 0 Å². The summed E-state index contributed by atoms with van der Waals surface area (Å²) >= 11 is 0. The molecule has 2 unspecified atom stereocenters. The molecular weight excluding hydrogens is 250 g/mol. The van der Waals surface area contributed by atoms with Gasteiger partial charge in [0.25, 0.3) is 0 Å². The van der Waals surface area contributed by atoms with E-state index < -0.39 is 9.84 Å². The van der Waals surface area contributed by atoms with Gasteiger partial charge in [0.1, 0.15) is 0 Å². The lowest BCUT2D eigenvalue weighted by atomic mass is 9.81. The van der Waals surface area contributed by atoms with Gasteiger partial charge in [-0.2, -0.15) is 0 Å². The van der Waals surface area contributed by atoms with Crippen LogP contribution in [0.5, 0.6) is 0 Å². The molecule has 5 heteroatoms. The average molecular weight is 275 g/mol. The minimum atomic E-state index is -2.83. The van der Waals surface area contributed by atoms with Crippen LogP contribution in [0.2, 0.25) is 0 Å². The second-order valence-corrected chi connectivity index (χ2v) is 8.04. The van der Waals surface area contributed by atoms with Crippen molar-refractivity contribution in [2.75, 3.05) is 31.2 Å². The van der Waals surface area contributed by atoms with Crippen molar-refractivity contribution in [1.29, 1.82) is 0 Å². The minimum Gasteiger partial charge on any atom is -0.378 e. The molecule has 2 aliphatic heterocycles. The van der Waals surface area contributed by atoms with Gasteiger partial charge in [0.05, 0.1) is 17.6 Å². The van der Waals surface area contributed by atoms with E-state index >= 15 is 0 Å². The Bertz CT molecular complexity index is 362. The summed E-state index contributed by atoms with van der Waals surface area (Å²) in [6, 6.07) is 0. The van der Waals surface area contributed by atoms with Crippen LogP contribution in [0.1, 0.15) is 39.0 Å². The molecule has 0 aliphatic carbocycles. The highest BCUT2D eigenvalue weighted by Crippen LogP contribution is 2.38. The third-order valence-electron chi connectivity index (χ3n) is 4.08. The topological polar surface area (TPSA) is 55.4 Å². The maximum absolute atomic E-state index is 11.8. The lowest BCUT2D eigenvalue weighted by Gasteiger charge is -2.30. The monoisotopic (exact) mass is 275 g/mol. The number of nitrogens with one attached hydrogen (secondary N) is 1. The van der Waals surface area contributed by atoms with E-state index in [1.807, 2.05) is 0 Å². The fourth-order valence-electron chi connectivity index (χ4n) is 3.17. The molecule has 2 fully saturated rings. The Morgan fingerprint density at radius 3 is 2.83 bits per heavy atom. The molecule has 0 aromatic rings. The Morgan fingerprint density at radius 1 is 1.44 bits per heavy atom. The Labute approximate surface area is 110 Å². The minimum absolute atomic E-state index is 0.0803. The molecule has 0 saturated carbocycles. The van der Waals surface area contributed by atoms with E-state index in [9.17, 15) is 8.42 Å². The van der Waals surface area contributed by atoms with Crippen molar-refractivity contribution in [2.45, 2.75) is 45.1 Å². The number of sulfone groups is 1. The Balaban J connectivity index is 1.97. The molecule has 2 heterocycles. The van der Waals surface area contributed by atoms with Crippen molar-refractivity contribution >= 4 is 9.84 Å². The van der Waals surface area contributed by atoms with Gasteiger partial charge in [-0.05, 0) is 38.6 Å². The zero-order valence-corrected chi connectivity index (χ0v) is 12.1. The molecule has 2 saturated heterocycles. The SMILES string of the molecule is CCCNCC1(CC2CCCO2)CCS(=O)(=O)C1. The van der Waals surface area contributed by atoms with Gasteiger partial charge >= 0.3 is 0 Å². The first-order chi connectivity index (χ1) is 8.55. The van der Waals surface area contributed by atoms with Crippen molar-refractivity contribution in [3.8, 4) is 0 Å². The molecule has 1 N–H and O–H groups in total. The summed E-state index contributed by atoms with van der Waals surface area (Å²) in [5.74, 6) is 0.699. The molecule has 0 amide bonds. The molecule has 18 heavy (non-hydrogen) atoms.